The van der Waals surface area contributed by atoms with Gasteiger partial charge in [-0.15, -0.1) is 0 Å². The monoisotopic (exact) mass is 213 g/mol. The largest absolute Gasteiger partial charge is 0.396 e. The Kier molecular flexibility index (Phi) is 4.23. The molecule has 0 aromatic heterocycles. The lowest BCUT2D eigenvalue weighted by Gasteiger charge is -2.14. The fourth-order valence-electron chi connectivity index (χ4n) is 1.20. The van der Waals surface area contributed by atoms with Crippen molar-refractivity contribution in [3.8, 4) is 0 Å². The maximum absolute atomic E-state index is 8.88. The van der Waals surface area contributed by atoms with Gasteiger partial charge in [0.2, 0.25) is 0 Å². The molecule has 78 valence electrons. The van der Waals surface area contributed by atoms with E-state index < -0.39 is 0 Å². The van der Waals surface area contributed by atoms with Gasteiger partial charge >= 0.3 is 0 Å². The Labute approximate surface area is 89.9 Å². The van der Waals surface area contributed by atoms with E-state index in [-0.39, 0.29) is 12.5 Å². The van der Waals surface area contributed by atoms with Crippen molar-refractivity contribution in [2.24, 2.45) is 5.92 Å². The first-order chi connectivity index (χ1) is 6.65. The number of hydrogen-bond acceptors (Lipinski definition) is 2. The summed E-state index contributed by atoms with van der Waals surface area (Å²) in [4.78, 5) is 0. The van der Waals surface area contributed by atoms with Crippen LogP contribution in [-0.2, 0) is 0 Å². The van der Waals surface area contributed by atoms with E-state index in [1.165, 1.54) is 0 Å². The molecule has 3 heteroatoms. The van der Waals surface area contributed by atoms with Crippen molar-refractivity contribution in [1.82, 2.24) is 0 Å². The molecule has 0 bridgehead atoms. The molecule has 1 rings (SSSR count). The number of anilines is 1. The van der Waals surface area contributed by atoms with Gasteiger partial charge in [-0.25, -0.2) is 0 Å². The van der Waals surface area contributed by atoms with Crippen molar-refractivity contribution in [3.05, 3.63) is 28.8 Å². The summed E-state index contributed by atoms with van der Waals surface area (Å²) in [7, 11) is 0. The van der Waals surface area contributed by atoms with E-state index in [1.54, 1.807) is 0 Å². The minimum Gasteiger partial charge on any atom is -0.396 e. The fraction of sp³-hybridized carbons (Fsp3) is 0.455. The van der Waals surface area contributed by atoms with Crippen LogP contribution in [0.5, 0.6) is 0 Å². The van der Waals surface area contributed by atoms with Crippen molar-refractivity contribution < 1.29 is 5.11 Å². The van der Waals surface area contributed by atoms with Gasteiger partial charge in [-0.05, 0) is 24.5 Å². The lowest BCUT2D eigenvalue weighted by atomic mass is 10.1. The first kappa shape index (κ1) is 11.3. The van der Waals surface area contributed by atoms with Crippen molar-refractivity contribution in [2.45, 2.75) is 13.8 Å². The molecule has 0 radical (unpaired) electrons. The van der Waals surface area contributed by atoms with Crippen LogP contribution in [0.2, 0.25) is 5.02 Å². The SMILES string of the molecule is Cc1cccc(Cl)c1NCC(C)CO. The first-order valence-electron chi connectivity index (χ1n) is 4.75. The molecule has 1 unspecified atom stereocenters. The number of aryl methyl sites for hydroxylation is 1. The molecule has 1 aromatic rings. The van der Waals surface area contributed by atoms with Crippen molar-refractivity contribution in [2.75, 3.05) is 18.5 Å². The standard InChI is InChI=1S/C11H16ClNO/c1-8(7-14)6-13-11-9(2)4-3-5-10(11)12/h3-5,8,13-14H,6-7H2,1-2H3. The predicted molar refractivity (Wildman–Crippen MR) is 60.9 cm³/mol. The van der Waals surface area contributed by atoms with Crippen LogP contribution in [0.4, 0.5) is 5.69 Å². The number of aliphatic hydroxyl groups excluding tert-OH is 1. The van der Waals surface area contributed by atoms with Crippen LogP contribution in [0.15, 0.2) is 18.2 Å². The third kappa shape index (κ3) is 2.89. The van der Waals surface area contributed by atoms with E-state index in [1.807, 2.05) is 32.0 Å². The number of rotatable bonds is 4. The molecule has 0 fully saturated rings. The minimum absolute atomic E-state index is 0.191. The van der Waals surface area contributed by atoms with Crippen LogP contribution in [0.1, 0.15) is 12.5 Å². The fourth-order valence-corrected chi connectivity index (χ4v) is 1.49. The Balaban J connectivity index is 2.66. The molecular weight excluding hydrogens is 198 g/mol. The van der Waals surface area contributed by atoms with Crippen LogP contribution in [0, 0.1) is 12.8 Å². The molecule has 2 nitrogen and oxygen atoms in total. The van der Waals surface area contributed by atoms with Crippen LogP contribution in [0.25, 0.3) is 0 Å². The normalized spacial score (nSPS) is 12.6. The van der Waals surface area contributed by atoms with E-state index in [2.05, 4.69) is 5.32 Å². The van der Waals surface area contributed by atoms with Gasteiger partial charge in [-0.3, -0.25) is 0 Å². The second-order valence-corrected chi connectivity index (χ2v) is 4.01. The van der Waals surface area contributed by atoms with Gasteiger partial charge in [0.05, 0.1) is 10.7 Å². The highest BCUT2D eigenvalue weighted by Crippen LogP contribution is 2.25. The highest BCUT2D eigenvalue weighted by atomic mass is 35.5. The Hall–Kier alpha value is -0.730. The molecule has 0 aliphatic heterocycles. The molecule has 0 saturated carbocycles. The summed E-state index contributed by atoms with van der Waals surface area (Å²) in [5.41, 5.74) is 2.09. The summed E-state index contributed by atoms with van der Waals surface area (Å²) < 4.78 is 0. The van der Waals surface area contributed by atoms with Gasteiger partial charge in [0.1, 0.15) is 0 Å². The van der Waals surface area contributed by atoms with Crippen molar-refractivity contribution >= 4 is 17.3 Å². The molecule has 0 amide bonds. The van der Waals surface area contributed by atoms with Gasteiger partial charge in [0.15, 0.2) is 0 Å². The van der Waals surface area contributed by atoms with Crippen LogP contribution in [0.3, 0.4) is 0 Å². The molecule has 0 aliphatic rings. The summed E-state index contributed by atoms with van der Waals surface area (Å²) in [5, 5.41) is 12.8. The summed E-state index contributed by atoms with van der Waals surface area (Å²) in [5.74, 6) is 0.241. The van der Waals surface area contributed by atoms with E-state index in [9.17, 15) is 0 Å². The Morgan fingerprint density at radius 2 is 2.21 bits per heavy atom. The van der Waals surface area contributed by atoms with Gasteiger partial charge in [-0.1, -0.05) is 30.7 Å². The molecular formula is C11H16ClNO. The third-order valence-corrected chi connectivity index (χ3v) is 2.48. The van der Waals surface area contributed by atoms with Crippen molar-refractivity contribution in [3.63, 3.8) is 0 Å². The van der Waals surface area contributed by atoms with E-state index in [0.717, 1.165) is 22.8 Å². The Bertz CT molecular complexity index is 281. The molecule has 1 atom stereocenters. The number of hydrogen-bond donors (Lipinski definition) is 2. The Morgan fingerprint density at radius 1 is 1.50 bits per heavy atom. The molecule has 2 N–H and O–H groups in total. The van der Waals surface area contributed by atoms with Crippen LogP contribution >= 0.6 is 11.6 Å². The zero-order valence-corrected chi connectivity index (χ0v) is 9.30. The second-order valence-electron chi connectivity index (χ2n) is 3.60. The number of nitrogens with one attached hydrogen (secondary N) is 1. The zero-order valence-electron chi connectivity index (χ0n) is 8.55. The molecule has 0 aliphatic carbocycles. The van der Waals surface area contributed by atoms with Gasteiger partial charge in [-0.2, -0.15) is 0 Å². The molecule has 1 aromatic carbocycles. The maximum Gasteiger partial charge on any atom is 0.0640 e. The topological polar surface area (TPSA) is 32.3 Å². The van der Waals surface area contributed by atoms with Gasteiger partial charge in [0.25, 0.3) is 0 Å². The summed E-state index contributed by atoms with van der Waals surface area (Å²) >= 11 is 6.03. The van der Waals surface area contributed by atoms with Crippen LogP contribution < -0.4 is 5.32 Å². The quantitative estimate of drug-likeness (QED) is 0.806. The number of aliphatic hydroxyl groups is 1. The smallest absolute Gasteiger partial charge is 0.0640 e. The van der Waals surface area contributed by atoms with Gasteiger partial charge < -0.3 is 10.4 Å². The molecule has 0 saturated heterocycles. The van der Waals surface area contributed by atoms with Gasteiger partial charge in [0, 0.05) is 13.2 Å². The first-order valence-corrected chi connectivity index (χ1v) is 5.12. The number of halogens is 1. The Morgan fingerprint density at radius 3 is 2.79 bits per heavy atom. The lowest BCUT2D eigenvalue weighted by molar-refractivity contribution is 0.244. The average Bonchev–Trinajstić information content (AvgIpc) is 2.16. The zero-order chi connectivity index (χ0) is 10.6. The van der Waals surface area contributed by atoms with Crippen LogP contribution in [-0.4, -0.2) is 18.3 Å². The minimum atomic E-state index is 0.191. The second kappa shape index (κ2) is 5.23. The van der Waals surface area contributed by atoms with E-state index in [4.69, 9.17) is 16.7 Å². The maximum atomic E-state index is 8.88. The molecule has 0 heterocycles. The van der Waals surface area contributed by atoms with Crippen molar-refractivity contribution in [1.29, 1.82) is 0 Å². The summed E-state index contributed by atoms with van der Waals surface area (Å²) in [6.07, 6.45) is 0. The highest BCUT2D eigenvalue weighted by Gasteiger charge is 2.04. The van der Waals surface area contributed by atoms with E-state index >= 15 is 0 Å². The predicted octanol–water partition coefficient (Wildman–Crippen LogP) is 2.69. The molecule has 14 heavy (non-hydrogen) atoms. The lowest BCUT2D eigenvalue weighted by Crippen LogP contribution is -2.15. The number of para-hydroxylation sites is 1. The summed E-state index contributed by atoms with van der Waals surface area (Å²) in [6.45, 7) is 4.93. The van der Waals surface area contributed by atoms with E-state index in [0.29, 0.717) is 0 Å². The average molecular weight is 214 g/mol. The molecule has 0 spiro atoms. The summed E-state index contributed by atoms with van der Waals surface area (Å²) in [6, 6.07) is 5.80. The number of benzene rings is 1. The third-order valence-electron chi connectivity index (χ3n) is 2.16. The highest BCUT2D eigenvalue weighted by molar-refractivity contribution is 6.33.